The predicted octanol–water partition coefficient (Wildman–Crippen LogP) is 10.4. The van der Waals surface area contributed by atoms with Crippen LogP contribution in [0.2, 0.25) is 0 Å². The number of aromatic hydroxyl groups is 2. The van der Waals surface area contributed by atoms with Crippen LogP contribution in [0.15, 0.2) is 84.9 Å². The van der Waals surface area contributed by atoms with Crippen LogP contribution >= 0.6 is 0 Å². The summed E-state index contributed by atoms with van der Waals surface area (Å²) in [6.45, 7) is 2.73. The molecule has 0 aliphatic carbocycles. The minimum Gasteiger partial charge on any atom is -0.507 e. The molecule has 45 heavy (non-hydrogen) atoms. The summed E-state index contributed by atoms with van der Waals surface area (Å²) in [6, 6.07) is 27.9. The molecule has 0 saturated carbocycles. The van der Waals surface area contributed by atoms with Crippen molar-refractivity contribution in [2.24, 2.45) is 0 Å². The number of fused-ring (bicyclic) bond motifs is 5. The minimum atomic E-state index is -0.109. The molecule has 6 rings (SSSR count). The summed E-state index contributed by atoms with van der Waals surface area (Å²) in [6.07, 6.45) is 12.4. The van der Waals surface area contributed by atoms with E-state index in [9.17, 15) is 10.2 Å². The molecule has 230 valence electrons. The fraction of sp³-hybridized carbons (Fsp3) is 0.308. The van der Waals surface area contributed by atoms with E-state index in [1.807, 2.05) is 18.2 Å². The summed E-state index contributed by atoms with van der Waals surface area (Å²) in [4.78, 5) is 14.2. The number of nitrogens with zero attached hydrogens (tertiary/aromatic N) is 3. The van der Waals surface area contributed by atoms with Crippen LogP contribution in [0, 0.1) is 0 Å². The Balaban J connectivity index is 1.32. The molecule has 2 N–H and O–H groups in total. The molecule has 0 radical (unpaired) electrons. The fourth-order valence-electron chi connectivity index (χ4n) is 6.21. The van der Waals surface area contributed by atoms with Gasteiger partial charge in [0.1, 0.15) is 17.1 Å². The van der Waals surface area contributed by atoms with Crippen molar-refractivity contribution in [2.75, 3.05) is 6.61 Å². The third-order valence-electron chi connectivity index (χ3n) is 8.60. The van der Waals surface area contributed by atoms with Crippen LogP contribution in [0.5, 0.6) is 17.5 Å². The van der Waals surface area contributed by atoms with E-state index in [0.717, 1.165) is 50.7 Å². The number of benzene rings is 5. The van der Waals surface area contributed by atoms with Gasteiger partial charge in [-0.3, -0.25) is 0 Å². The maximum Gasteiger partial charge on any atom is 0.320 e. The first-order valence-electron chi connectivity index (χ1n) is 16.4. The Hall–Kier alpha value is -4.71. The minimum absolute atomic E-state index is 0.109. The number of aromatic nitrogens is 3. The fourth-order valence-corrected chi connectivity index (χ4v) is 6.21. The van der Waals surface area contributed by atoms with Gasteiger partial charge < -0.3 is 14.9 Å². The molecule has 0 aliphatic rings. The topological polar surface area (TPSA) is 88.4 Å². The third-order valence-corrected chi connectivity index (χ3v) is 8.60. The molecule has 0 spiro atoms. The molecule has 6 aromatic rings. The van der Waals surface area contributed by atoms with Crippen molar-refractivity contribution in [1.29, 1.82) is 0 Å². The highest BCUT2D eigenvalue weighted by Crippen LogP contribution is 2.39. The molecule has 0 unspecified atom stereocenters. The van der Waals surface area contributed by atoms with Crippen LogP contribution in [0.3, 0.4) is 0 Å². The second-order valence-electron chi connectivity index (χ2n) is 11.8. The molecule has 0 fully saturated rings. The first kappa shape index (κ1) is 30.3. The lowest BCUT2D eigenvalue weighted by Crippen LogP contribution is -2.05. The Labute approximate surface area is 264 Å². The highest BCUT2D eigenvalue weighted by atomic mass is 16.5. The van der Waals surface area contributed by atoms with Crippen molar-refractivity contribution in [2.45, 2.75) is 71.1 Å². The molecular formula is C39H41N3O3. The van der Waals surface area contributed by atoms with Gasteiger partial charge in [0.15, 0.2) is 11.6 Å². The first-order chi connectivity index (χ1) is 22.1. The number of phenolic OH excluding ortho intramolecular Hbond substituents is 2. The molecule has 0 amide bonds. The molecular weight excluding hydrogens is 558 g/mol. The summed E-state index contributed by atoms with van der Waals surface area (Å²) < 4.78 is 6.13. The highest BCUT2D eigenvalue weighted by Gasteiger charge is 2.20. The maximum absolute atomic E-state index is 10.7. The van der Waals surface area contributed by atoms with Gasteiger partial charge in [-0.05, 0) is 56.9 Å². The van der Waals surface area contributed by atoms with E-state index in [-0.39, 0.29) is 28.9 Å². The molecule has 1 aromatic heterocycles. The SMILES string of the molecule is CCCCCCCCCCCCOc1nc(-c2c(O)cccc2O)nc(-c2cc3c4ccccc4ccc3c3ccccc23)n1. The van der Waals surface area contributed by atoms with Gasteiger partial charge >= 0.3 is 6.01 Å². The summed E-state index contributed by atoms with van der Waals surface area (Å²) in [7, 11) is 0. The van der Waals surface area contributed by atoms with Crippen LogP contribution < -0.4 is 4.74 Å². The van der Waals surface area contributed by atoms with Gasteiger partial charge in [0.2, 0.25) is 0 Å². The normalized spacial score (nSPS) is 11.5. The van der Waals surface area contributed by atoms with Gasteiger partial charge in [0.05, 0.1) is 6.61 Å². The molecule has 6 heteroatoms. The summed E-state index contributed by atoms with van der Waals surface area (Å²) in [5.41, 5.74) is 0.984. The number of ether oxygens (including phenoxy) is 1. The van der Waals surface area contributed by atoms with Crippen LogP contribution in [0.4, 0.5) is 0 Å². The number of phenols is 2. The molecule has 0 saturated heterocycles. The Bertz CT molecular complexity index is 1900. The molecule has 5 aromatic carbocycles. The quantitative estimate of drug-likeness (QED) is 0.0956. The smallest absolute Gasteiger partial charge is 0.320 e. The van der Waals surface area contributed by atoms with Crippen LogP contribution in [-0.2, 0) is 0 Å². The zero-order chi connectivity index (χ0) is 31.0. The first-order valence-corrected chi connectivity index (χ1v) is 16.4. The Morgan fingerprint density at radius 1 is 0.533 bits per heavy atom. The van der Waals surface area contributed by atoms with Crippen molar-refractivity contribution in [3.05, 3.63) is 84.9 Å². The number of hydrogen-bond acceptors (Lipinski definition) is 6. The molecule has 1 heterocycles. The Morgan fingerprint density at radius 3 is 1.87 bits per heavy atom. The van der Waals surface area contributed by atoms with Crippen molar-refractivity contribution < 1.29 is 14.9 Å². The number of rotatable bonds is 14. The predicted molar refractivity (Wildman–Crippen MR) is 184 cm³/mol. The zero-order valence-electron chi connectivity index (χ0n) is 26.0. The number of unbranched alkanes of at least 4 members (excludes halogenated alkanes) is 9. The third kappa shape index (κ3) is 6.85. The standard InChI is InChI=1S/C39H41N3O3/c1-2-3-4-5-6-7-8-9-10-15-25-45-39-41-37(40-38(42-39)36-34(43)21-16-22-35(36)44)33-26-32-28-18-12-11-17-27(28)23-24-31(32)29-19-13-14-20-30(29)33/h11-14,16-24,26,43-44H,2-10,15,25H2,1H3. The highest BCUT2D eigenvalue weighted by molar-refractivity contribution is 6.20. The van der Waals surface area contributed by atoms with Gasteiger partial charge in [-0.15, -0.1) is 0 Å². The van der Waals surface area contributed by atoms with Gasteiger partial charge in [-0.1, -0.05) is 131 Å². The van der Waals surface area contributed by atoms with Crippen molar-refractivity contribution in [1.82, 2.24) is 15.0 Å². The van der Waals surface area contributed by atoms with E-state index in [2.05, 4.69) is 60.4 Å². The largest absolute Gasteiger partial charge is 0.507 e. The van der Waals surface area contributed by atoms with Gasteiger partial charge in [0, 0.05) is 5.56 Å². The second-order valence-corrected chi connectivity index (χ2v) is 11.8. The summed E-state index contributed by atoms with van der Waals surface area (Å²) in [5, 5.41) is 28.1. The lowest BCUT2D eigenvalue weighted by atomic mass is 9.93. The van der Waals surface area contributed by atoms with E-state index in [1.54, 1.807) is 6.07 Å². The molecule has 0 atom stereocenters. The van der Waals surface area contributed by atoms with Crippen LogP contribution in [-0.4, -0.2) is 31.8 Å². The van der Waals surface area contributed by atoms with E-state index < -0.39 is 0 Å². The van der Waals surface area contributed by atoms with Gasteiger partial charge in [-0.2, -0.15) is 9.97 Å². The zero-order valence-corrected chi connectivity index (χ0v) is 26.0. The average molecular weight is 600 g/mol. The van der Waals surface area contributed by atoms with Crippen LogP contribution in [0.25, 0.3) is 55.1 Å². The summed E-state index contributed by atoms with van der Waals surface area (Å²) in [5.74, 6) is 0.367. The van der Waals surface area contributed by atoms with Crippen molar-refractivity contribution in [3.63, 3.8) is 0 Å². The van der Waals surface area contributed by atoms with E-state index in [1.165, 1.54) is 63.5 Å². The second kappa shape index (κ2) is 14.4. The van der Waals surface area contributed by atoms with E-state index in [0.29, 0.717) is 12.4 Å². The van der Waals surface area contributed by atoms with E-state index >= 15 is 0 Å². The maximum atomic E-state index is 10.7. The monoisotopic (exact) mass is 599 g/mol. The molecule has 6 nitrogen and oxygen atoms in total. The van der Waals surface area contributed by atoms with Crippen molar-refractivity contribution >= 4 is 32.3 Å². The average Bonchev–Trinajstić information content (AvgIpc) is 3.06. The number of hydrogen-bond donors (Lipinski definition) is 2. The van der Waals surface area contributed by atoms with Gasteiger partial charge in [-0.25, -0.2) is 4.98 Å². The molecule has 0 aliphatic heterocycles. The Kier molecular flexibility index (Phi) is 9.69. The van der Waals surface area contributed by atoms with Crippen LogP contribution in [0.1, 0.15) is 71.1 Å². The van der Waals surface area contributed by atoms with Crippen molar-refractivity contribution in [3.8, 4) is 40.3 Å². The van der Waals surface area contributed by atoms with E-state index in [4.69, 9.17) is 14.7 Å². The lowest BCUT2D eigenvalue weighted by molar-refractivity contribution is 0.281. The Morgan fingerprint density at radius 2 is 1.13 bits per heavy atom. The van der Waals surface area contributed by atoms with Gasteiger partial charge in [0.25, 0.3) is 0 Å². The molecule has 0 bridgehead atoms. The summed E-state index contributed by atoms with van der Waals surface area (Å²) >= 11 is 0. The lowest BCUT2D eigenvalue weighted by Gasteiger charge is -2.14.